The molecule has 1 atom stereocenters. The van der Waals surface area contributed by atoms with E-state index in [4.69, 9.17) is 5.73 Å². The number of nitrogens with one attached hydrogen (secondary N) is 3. The Morgan fingerprint density at radius 2 is 2.11 bits per heavy atom. The molecule has 8 nitrogen and oxygen atoms in total. The Morgan fingerprint density at radius 1 is 1.47 bits per heavy atom. The van der Waals surface area contributed by atoms with Crippen molar-refractivity contribution in [3.8, 4) is 0 Å². The number of rotatable bonds is 5. The van der Waals surface area contributed by atoms with Gasteiger partial charge in [-0.2, -0.15) is 0 Å². The Labute approximate surface area is 109 Å². The molecule has 1 aromatic heterocycles. The van der Waals surface area contributed by atoms with E-state index in [1.807, 2.05) is 4.98 Å². The third-order valence-electron chi connectivity index (χ3n) is 3.34. The van der Waals surface area contributed by atoms with Gasteiger partial charge in [0.05, 0.1) is 0 Å². The van der Waals surface area contributed by atoms with E-state index >= 15 is 0 Å². The van der Waals surface area contributed by atoms with Crippen molar-refractivity contribution in [2.24, 2.45) is 11.7 Å². The van der Waals surface area contributed by atoms with E-state index in [2.05, 4.69) is 9.71 Å². The molecule has 0 spiro atoms. The molecule has 2 rings (SSSR count). The molecule has 0 amide bonds. The molecule has 1 aromatic rings. The fourth-order valence-electron chi connectivity index (χ4n) is 1.97. The summed E-state index contributed by atoms with van der Waals surface area (Å²) in [5.41, 5.74) is 3.14. The molecule has 1 unspecified atom stereocenters. The lowest BCUT2D eigenvalue weighted by atomic mass is 9.98. The van der Waals surface area contributed by atoms with Crippen LogP contribution in [0.3, 0.4) is 0 Å². The topological polar surface area (TPSA) is 138 Å². The van der Waals surface area contributed by atoms with Crippen molar-refractivity contribution in [1.29, 1.82) is 0 Å². The van der Waals surface area contributed by atoms with Gasteiger partial charge in [0.15, 0.2) is 4.90 Å². The predicted octanol–water partition coefficient (Wildman–Crippen LogP) is -1.53. The van der Waals surface area contributed by atoms with Crippen molar-refractivity contribution in [2.45, 2.75) is 30.2 Å². The molecular formula is C10H16N4O4S. The van der Waals surface area contributed by atoms with E-state index in [0.717, 1.165) is 19.0 Å². The first-order valence-electron chi connectivity index (χ1n) is 5.84. The second-order valence-corrected chi connectivity index (χ2v) is 6.59. The molecular weight excluding hydrogens is 272 g/mol. The van der Waals surface area contributed by atoms with Crippen LogP contribution in [0.25, 0.3) is 0 Å². The van der Waals surface area contributed by atoms with E-state index in [0.29, 0.717) is 0 Å². The highest BCUT2D eigenvalue weighted by Gasteiger charge is 2.43. The van der Waals surface area contributed by atoms with Crippen molar-refractivity contribution in [3.05, 3.63) is 27.0 Å². The van der Waals surface area contributed by atoms with Crippen LogP contribution < -0.4 is 21.7 Å². The summed E-state index contributed by atoms with van der Waals surface area (Å²) in [4.78, 5) is 25.9. The predicted molar refractivity (Wildman–Crippen MR) is 68.2 cm³/mol. The number of aromatic nitrogens is 2. The minimum absolute atomic E-state index is 0.137. The zero-order chi connectivity index (χ0) is 14.3. The van der Waals surface area contributed by atoms with Gasteiger partial charge in [0.25, 0.3) is 5.56 Å². The molecule has 1 aliphatic rings. The molecule has 0 radical (unpaired) electrons. The van der Waals surface area contributed by atoms with E-state index in [9.17, 15) is 18.0 Å². The highest BCUT2D eigenvalue weighted by atomic mass is 32.2. The van der Waals surface area contributed by atoms with Gasteiger partial charge in [-0.15, -0.1) is 0 Å². The summed E-state index contributed by atoms with van der Waals surface area (Å²) in [5, 5.41) is 0. The summed E-state index contributed by atoms with van der Waals surface area (Å²) < 4.78 is 26.8. The Bertz CT molecular complexity index is 688. The summed E-state index contributed by atoms with van der Waals surface area (Å²) in [6.07, 6.45) is 2.68. The van der Waals surface area contributed by atoms with Crippen molar-refractivity contribution in [2.75, 3.05) is 6.54 Å². The van der Waals surface area contributed by atoms with Gasteiger partial charge >= 0.3 is 5.69 Å². The van der Waals surface area contributed by atoms with Crippen LogP contribution in [-0.2, 0) is 10.0 Å². The molecule has 1 heterocycles. The lowest BCUT2D eigenvalue weighted by molar-refractivity contribution is 0.374. The molecule has 1 saturated carbocycles. The molecule has 5 N–H and O–H groups in total. The van der Waals surface area contributed by atoms with Gasteiger partial charge in [0, 0.05) is 18.3 Å². The maximum atomic E-state index is 12.2. The maximum absolute atomic E-state index is 12.2. The van der Waals surface area contributed by atoms with E-state index in [1.165, 1.54) is 0 Å². The molecule has 19 heavy (non-hydrogen) atoms. The third-order valence-corrected chi connectivity index (χ3v) is 4.96. The van der Waals surface area contributed by atoms with Crippen LogP contribution in [0.1, 0.15) is 19.8 Å². The number of nitrogens with two attached hydrogens (primary N) is 1. The van der Waals surface area contributed by atoms with Crippen LogP contribution in [0.5, 0.6) is 0 Å². The zero-order valence-corrected chi connectivity index (χ0v) is 11.2. The fraction of sp³-hybridized carbons (Fsp3) is 0.600. The Hall–Kier alpha value is -1.45. The second kappa shape index (κ2) is 4.58. The molecule has 106 valence electrons. The molecule has 0 bridgehead atoms. The van der Waals surface area contributed by atoms with Gasteiger partial charge < -0.3 is 10.7 Å². The molecule has 1 aliphatic carbocycles. The van der Waals surface area contributed by atoms with Gasteiger partial charge in [-0.05, 0) is 25.7 Å². The van der Waals surface area contributed by atoms with Gasteiger partial charge in [-0.25, -0.2) is 17.9 Å². The number of hydrogen-bond acceptors (Lipinski definition) is 5. The molecule has 1 fully saturated rings. The lowest BCUT2D eigenvalue weighted by Gasteiger charge is -2.28. The average Bonchev–Trinajstić information content (AvgIpc) is 3.11. The normalized spacial score (nSPS) is 19.1. The minimum Gasteiger partial charge on any atom is -0.329 e. The number of H-pyrrole nitrogens is 2. The number of hydrogen-bond donors (Lipinski definition) is 4. The van der Waals surface area contributed by atoms with Crippen LogP contribution in [0.2, 0.25) is 0 Å². The molecule has 0 aliphatic heterocycles. The lowest BCUT2D eigenvalue weighted by Crippen LogP contribution is -2.53. The first-order chi connectivity index (χ1) is 8.78. The van der Waals surface area contributed by atoms with Crippen LogP contribution in [-0.4, -0.2) is 30.5 Å². The zero-order valence-electron chi connectivity index (χ0n) is 10.4. The average molecular weight is 288 g/mol. The SMILES string of the molecule is CC(CN)(NS(=O)(=O)c1c[nH]c(=O)[nH]c1=O)C1CC1. The minimum atomic E-state index is -4.03. The summed E-state index contributed by atoms with van der Waals surface area (Å²) in [5.74, 6) is 0.175. The van der Waals surface area contributed by atoms with Crippen molar-refractivity contribution >= 4 is 10.0 Å². The highest BCUT2D eigenvalue weighted by molar-refractivity contribution is 7.89. The second-order valence-electron chi connectivity index (χ2n) is 4.94. The fourth-order valence-corrected chi connectivity index (χ4v) is 3.45. The van der Waals surface area contributed by atoms with Crippen LogP contribution in [0.15, 0.2) is 20.7 Å². The Kier molecular flexibility index (Phi) is 3.37. The Balaban J connectivity index is 2.37. The summed E-state index contributed by atoms with van der Waals surface area (Å²) in [7, 11) is -4.03. The molecule has 9 heteroatoms. The van der Waals surface area contributed by atoms with Crippen molar-refractivity contribution in [1.82, 2.24) is 14.7 Å². The smallest absolute Gasteiger partial charge is 0.325 e. The summed E-state index contributed by atoms with van der Waals surface area (Å²) >= 11 is 0. The first-order valence-corrected chi connectivity index (χ1v) is 7.33. The van der Waals surface area contributed by atoms with E-state index < -0.39 is 31.7 Å². The third kappa shape index (κ3) is 2.77. The molecule has 0 saturated heterocycles. The number of aromatic amines is 2. The van der Waals surface area contributed by atoms with Crippen molar-refractivity contribution in [3.63, 3.8) is 0 Å². The van der Waals surface area contributed by atoms with Crippen molar-refractivity contribution < 1.29 is 8.42 Å². The van der Waals surface area contributed by atoms with Gasteiger partial charge in [-0.3, -0.25) is 9.78 Å². The van der Waals surface area contributed by atoms with Gasteiger partial charge in [-0.1, -0.05) is 0 Å². The largest absolute Gasteiger partial charge is 0.329 e. The monoisotopic (exact) mass is 288 g/mol. The van der Waals surface area contributed by atoms with Crippen LogP contribution in [0.4, 0.5) is 0 Å². The standard InChI is InChI=1S/C10H16N4O4S/c1-10(5-11,6-2-3-6)14-19(17,18)7-4-12-9(16)13-8(7)15/h4,6,14H,2-3,5,11H2,1H3,(H2,12,13,15,16). The summed E-state index contributed by atoms with van der Waals surface area (Å²) in [6, 6.07) is 0. The van der Waals surface area contributed by atoms with Gasteiger partial charge in [0.2, 0.25) is 10.0 Å². The maximum Gasteiger partial charge on any atom is 0.325 e. The molecule has 0 aromatic carbocycles. The highest BCUT2D eigenvalue weighted by Crippen LogP contribution is 2.39. The number of sulfonamides is 1. The van der Waals surface area contributed by atoms with E-state index in [1.54, 1.807) is 6.92 Å². The van der Waals surface area contributed by atoms with Crippen LogP contribution in [0, 0.1) is 5.92 Å². The summed E-state index contributed by atoms with van der Waals surface area (Å²) in [6.45, 7) is 1.85. The quantitative estimate of drug-likeness (QED) is 0.520. The Morgan fingerprint density at radius 3 is 2.58 bits per heavy atom. The van der Waals surface area contributed by atoms with E-state index in [-0.39, 0.29) is 12.5 Å². The van der Waals surface area contributed by atoms with Gasteiger partial charge in [0.1, 0.15) is 0 Å². The first kappa shape index (κ1) is 14.0. The van der Waals surface area contributed by atoms with Crippen LogP contribution >= 0.6 is 0 Å².